The molecule has 1 amide bonds. The van der Waals surface area contributed by atoms with Gasteiger partial charge in [-0.15, -0.1) is 0 Å². The van der Waals surface area contributed by atoms with Gasteiger partial charge < -0.3 is 10.0 Å². The molecule has 0 heterocycles. The molecule has 0 aliphatic rings. The number of likely N-dealkylation sites (N-methyl/N-ethyl adjacent to an activating group) is 1. The zero-order chi connectivity index (χ0) is 13.2. The fourth-order valence-electron chi connectivity index (χ4n) is 1.52. The SMILES string of the molecule is CN(CC(C)(C)O)C(=O)c1cc(Br)ccc1Cl. The molecule has 17 heavy (non-hydrogen) atoms. The zero-order valence-electron chi connectivity index (χ0n) is 10.00. The van der Waals surface area contributed by atoms with Crippen LogP contribution in [0.4, 0.5) is 0 Å². The number of hydrogen-bond acceptors (Lipinski definition) is 2. The topological polar surface area (TPSA) is 40.5 Å². The van der Waals surface area contributed by atoms with Crippen molar-refractivity contribution in [1.82, 2.24) is 4.90 Å². The third-order valence-electron chi connectivity index (χ3n) is 2.13. The third kappa shape index (κ3) is 4.30. The first-order valence-corrected chi connectivity index (χ1v) is 6.31. The first-order chi connectivity index (χ1) is 7.70. The summed E-state index contributed by atoms with van der Waals surface area (Å²) >= 11 is 9.27. The van der Waals surface area contributed by atoms with E-state index in [-0.39, 0.29) is 12.5 Å². The van der Waals surface area contributed by atoms with Gasteiger partial charge >= 0.3 is 0 Å². The molecule has 0 spiro atoms. The third-order valence-corrected chi connectivity index (χ3v) is 2.95. The maximum absolute atomic E-state index is 12.1. The van der Waals surface area contributed by atoms with E-state index in [0.29, 0.717) is 10.6 Å². The fourth-order valence-corrected chi connectivity index (χ4v) is 2.08. The van der Waals surface area contributed by atoms with Crippen LogP contribution in [0.3, 0.4) is 0 Å². The molecule has 0 unspecified atom stereocenters. The van der Waals surface area contributed by atoms with Gasteiger partial charge in [0.25, 0.3) is 5.91 Å². The Hall–Kier alpha value is -0.580. The van der Waals surface area contributed by atoms with Crippen LogP contribution in [0.2, 0.25) is 5.02 Å². The molecule has 0 aliphatic carbocycles. The summed E-state index contributed by atoms with van der Waals surface area (Å²) in [6, 6.07) is 5.11. The van der Waals surface area contributed by atoms with Crippen molar-refractivity contribution in [1.29, 1.82) is 0 Å². The molecule has 1 N–H and O–H groups in total. The van der Waals surface area contributed by atoms with E-state index < -0.39 is 5.60 Å². The molecule has 1 aromatic carbocycles. The first kappa shape index (κ1) is 14.5. The highest BCUT2D eigenvalue weighted by molar-refractivity contribution is 9.10. The Balaban J connectivity index is 2.93. The van der Waals surface area contributed by atoms with Crippen molar-refractivity contribution in [2.45, 2.75) is 19.4 Å². The van der Waals surface area contributed by atoms with Crippen LogP contribution >= 0.6 is 27.5 Å². The van der Waals surface area contributed by atoms with Gasteiger partial charge in [-0.3, -0.25) is 4.79 Å². The number of benzene rings is 1. The second-order valence-electron chi connectivity index (χ2n) is 4.60. The lowest BCUT2D eigenvalue weighted by molar-refractivity contribution is 0.0368. The van der Waals surface area contributed by atoms with Gasteiger partial charge in [0.2, 0.25) is 0 Å². The molecule has 1 rings (SSSR count). The van der Waals surface area contributed by atoms with E-state index in [1.165, 1.54) is 4.90 Å². The van der Waals surface area contributed by atoms with E-state index in [4.69, 9.17) is 11.6 Å². The van der Waals surface area contributed by atoms with Crippen LogP contribution in [0.25, 0.3) is 0 Å². The summed E-state index contributed by atoms with van der Waals surface area (Å²) in [6.07, 6.45) is 0. The number of rotatable bonds is 3. The van der Waals surface area contributed by atoms with Gasteiger partial charge in [-0.05, 0) is 32.0 Å². The van der Waals surface area contributed by atoms with Crippen molar-refractivity contribution in [2.24, 2.45) is 0 Å². The van der Waals surface area contributed by atoms with Crippen molar-refractivity contribution in [3.05, 3.63) is 33.3 Å². The molecule has 1 aromatic rings. The van der Waals surface area contributed by atoms with Gasteiger partial charge in [-0.1, -0.05) is 27.5 Å². The number of amides is 1. The molecule has 0 bridgehead atoms. The Labute approximate surface area is 115 Å². The van der Waals surface area contributed by atoms with Crippen molar-refractivity contribution >= 4 is 33.4 Å². The van der Waals surface area contributed by atoms with Gasteiger partial charge in [-0.2, -0.15) is 0 Å². The van der Waals surface area contributed by atoms with Crippen LogP contribution in [0.15, 0.2) is 22.7 Å². The lowest BCUT2D eigenvalue weighted by Gasteiger charge is -2.25. The first-order valence-electron chi connectivity index (χ1n) is 5.13. The maximum atomic E-state index is 12.1. The quantitative estimate of drug-likeness (QED) is 0.930. The summed E-state index contributed by atoms with van der Waals surface area (Å²) in [7, 11) is 1.64. The molecule has 94 valence electrons. The Bertz CT molecular complexity index is 429. The Kier molecular flexibility index (Phi) is 4.58. The second kappa shape index (κ2) is 5.38. The minimum atomic E-state index is -0.928. The highest BCUT2D eigenvalue weighted by Crippen LogP contribution is 2.22. The maximum Gasteiger partial charge on any atom is 0.255 e. The van der Waals surface area contributed by atoms with Crippen LogP contribution in [0, 0.1) is 0 Å². The monoisotopic (exact) mass is 319 g/mol. The number of aliphatic hydroxyl groups is 1. The number of nitrogens with zero attached hydrogens (tertiary/aromatic N) is 1. The van der Waals surface area contributed by atoms with Gasteiger partial charge in [0, 0.05) is 18.1 Å². The van der Waals surface area contributed by atoms with Gasteiger partial charge in [0.1, 0.15) is 0 Å². The van der Waals surface area contributed by atoms with Crippen LogP contribution in [0.5, 0.6) is 0 Å². The Morgan fingerprint density at radius 2 is 2.12 bits per heavy atom. The highest BCUT2D eigenvalue weighted by Gasteiger charge is 2.21. The summed E-state index contributed by atoms with van der Waals surface area (Å²) in [6.45, 7) is 3.55. The summed E-state index contributed by atoms with van der Waals surface area (Å²) in [4.78, 5) is 13.6. The lowest BCUT2D eigenvalue weighted by atomic mass is 10.1. The Morgan fingerprint density at radius 1 is 1.53 bits per heavy atom. The number of carbonyl (C=O) groups excluding carboxylic acids is 1. The minimum Gasteiger partial charge on any atom is -0.389 e. The largest absolute Gasteiger partial charge is 0.389 e. The molecule has 0 radical (unpaired) electrons. The van der Waals surface area contributed by atoms with Crippen molar-refractivity contribution in [3.8, 4) is 0 Å². The van der Waals surface area contributed by atoms with E-state index >= 15 is 0 Å². The molecule has 0 fully saturated rings. The second-order valence-corrected chi connectivity index (χ2v) is 5.92. The standard InChI is InChI=1S/C12H15BrClNO2/c1-12(2,17)7-15(3)11(16)9-6-8(13)4-5-10(9)14/h4-6,17H,7H2,1-3H3. The number of carbonyl (C=O) groups is 1. The fraction of sp³-hybridized carbons (Fsp3) is 0.417. The molecule has 0 aromatic heterocycles. The van der Waals surface area contributed by atoms with E-state index in [1.54, 1.807) is 39.1 Å². The summed E-state index contributed by atoms with van der Waals surface area (Å²) < 4.78 is 0.793. The summed E-state index contributed by atoms with van der Waals surface area (Å²) in [5.41, 5.74) is -0.504. The highest BCUT2D eigenvalue weighted by atomic mass is 79.9. The number of hydrogen-bond donors (Lipinski definition) is 1. The molecular weight excluding hydrogens is 305 g/mol. The zero-order valence-corrected chi connectivity index (χ0v) is 12.3. The molecule has 5 heteroatoms. The van der Waals surface area contributed by atoms with E-state index in [2.05, 4.69) is 15.9 Å². The average Bonchev–Trinajstić information content (AvgIpc) is 2.18. The minimum absolute atomic E-state index is 0.210. The van der Waals surface area contributed by atoms with Crippen LogP contribution in [0.1, 0.15) is 24.2 Å². The number of halogens is 2. The van der Waals surface area contributed by atoms with Crippen LogP contribution in [-0.2, 0) is 0 Å². The van der Waals surface area contributed by atoms with Crippen molar-refractivity contribution in [3.63, 3.8) is 0 Å². The molecule has 0 aliphatic heterocycles. The smallest absolute Gasteiger partial charge is 0.255 e. The van der Waals surface area contributed by atoms with E-state index in [9.17, 15) is 9.90 Å². The van der Waals surface area contributed by atoms with Crippen molar-refractivity contribution in [2.75, 3.05) is 13.6 Å². The van der Waals surface area contributed by atoms with E-state index in [1.807, 2.05) is 0 Å². The molecule has 0 saturated heterocycles. The molecule has 3 nitrogen and oxygen atoms in total. The average molecular weight is 321 g/mol. The van der Waals surface area contributed by atoms with Crippen molar-refractivity contribution < 1.29 is 9.90 Å². The summed E-state index contributed by atoms with van der Waals surface area (Å²) in [5.74, 6) is -0.210. The predicted octanol–water partition coefficient (Wildman–Crippen LogP) is 2.95. The van der Waals surface area contributed by atoms with Crippen LogP contribution < -0.4 is 0 Å². The predicted molar refractivity (Wildman–Crippen MR) is 72.4 cm³/mol. The van der Waals surface area contributed by atoms with Gasteiger partial charge in [-0.25, -0.2) is 0 Å². The van der Waals surface area contributed by atoms with Gasteiger partial charge in [0.05, 0.1) is 16.2 Å². The van der Waals surface area contributed by atoms with E-state index in [0.717, 1.165) is 4.47 Å². The lowest BCUT2D eigenvalue weighted by Crippen LogP contribution is -2.39. The molecular formula is C12H15BrClNO2. The molecule has 0 atom stereocenters. The Morgan fingerprint density at radius 3 is 2.65 bits per heavy atom. The summed E-state index contributed by atoms with van der Waals surface area (Å²) in [5, 5.41) is 10.1. The van der Waals surface area contributed by atoms with Gasteiger partial charge in [0.15, 0.2) is 0 Å². The normalized spacial score (nSPS) is 11.4. The molecule has 0 saturated carbocycles. The van der Waals surface area contributed by atoms with Crippen LogP contribution in [-0.4, -0.2) is 35.1 Å².